The van der Waals surface area contributed by atoms with Crippen LogP contribution in [0.5, 0.6) is 0 Å². The quantitative estimate of drug-likeness (QED) is 0.390. The highest BCUT2D eigenvalue weighted by Crippen LogP contribution is 2.42. The van der Waals surface area contributed by atoms with Crippen LogP contribution in [0.1, 0.15) is 72.4 Å². The molecule has 0 amide bonds. The molecule has 1 aliphatic heterocycles. The highest BCUT2D eigenvalue weighted by molar-refractivity contribution is 6.30. The van der Waals surface area contributed by atoms with Crippen LogP contribution in [-0.2, 0) is 4.74 Å². The molecule has 8 nitrogen and oxygen atoms in total. The predicted molar refractivity (Wildman–Crippen MR) is 126 cm³/mol. The number of hydrogen-bond acceptors (Lipinski definition) is 7. The normalized spacial score (nSPS) is 20.5. The molecule has 1 aliphatic carbocycles. The fourth-order valence-corrected chi connectivity index (χ4v) is 4.70. The van der Waals surface area contributed by atoms with Gasteiger partial charge in [0.05, 0.1) is 5.69 Å². The summed E-state index contributed by atoms with van der Waals surface area (Å²) in [5.41, 5.74) is 2.55. The van der Waals surface area contributed by atoms with Crippen molar-refractivity contribution in [3.63, 3.8) is 0 Å². The molecule has 2 aliphatic rings. The zero-order chi connectivity index (χ0) is 24.3. The largest absolute Gasteiger partial charge is 0.422 e. The lowest BCUT2D eigenvalue weighted by Crippen LogP contribution is -2.25. The minimum atomic E-state index is -0.493. The molecule has 6 rings (SSSR count). The molecule has 1 saturated heterocycles. The van der Waals surface area contributed by atoms with Crippen molar-refractivity contribution in [2.45, 2.75) is 57.5 Å². The molecule has 1 saturated carbocycles. The van der Waals surface area contributed by atoms with Gasteiger partial charge in [0.1, 0.15) is 11.9 Å². The summed E-state index contributed by atoms with van der Waals surface area (Å²) in [5.74, 6) is 0.940. The second-order valence-electron chi connectivity index (χ2n) is 9.30. The van der Waals surface area contributed by atoms with E-state index < -0.39 is 5.82 Å². The summed E-state index contributed by atoms with van der Waals surface area (Å²) in [4.78, 5) is 17.7. The number of rotatable bonds is 4. The van der Waals surface area contributed by atoms with E-state index in [0.29, 0.717) is 75.9 Å². The first-order chi connectivity index (χ1) is 16.9. The number of nitrogens with zero attached hydrogens (tertiary/aromatic N) is 5. The van der Waals surface area contributed by atoms with Crippen molar-refractivity contribution in [2.75, 3.05) is 6.61 Å². The lowest BCUT2D eigenvalue weighted by Gasteiger charge is -2.27. The third-order valence-electron chi connectivity index (χ3n) is 6.86. The molecule has 0 N–H and O–H groups in total. The van der Waals surface area contributed by atoms with Crippen LogP contribution in [-0.4, -0.2) is 31.4 Å². The van der Waals surface area contributed by atoms with Gasteiger partial charge < -0.3 is 9.15 Å². The summed E-state index contributed by atoms with van der Waals surface area (Å²) in [6.07, 6.45) is 3.02. The van der Waals surface area contributed by atoms with Crippen LogP contribution in [0, 0.1) is 19.7 Å². The zero-order valence-corrected chi connectivity index (χ0v) is 20.0. The van der Waals surface area contributed by atoms with Crippen molar-refractivity contribution in [1.29, 1.82) is 0 Å². The fraction of sp³-hybridized carbons (Fsp3) is 0.400. The van der Waals surface area contributed by atoms with E-state index in [1.165, 1.54) is 10.6 Å². The second-order valence-corrected chi connectivity index (χ2v) is 9.74. The summed E-state index contributed by atoms with van der Waals surface area (Å²) in [6, 6.07) is 6.29. The first-order valence-electron chi connectivity index (χ1n) is 11.7. The predicted octanol–water partition coefficient (Wildman–Crippen LogP) is 5.06. The van der Waals surface area contributed by atoms with E-state index in [-0.39, 0.29) is 17.6 Å². The van der Waals surface area contributed by atoms with Crippen LogP contribution in [0.25, 0.3) is 16.8 Å². The van der Waals surface area contributed by atoms with Gasteiger partial charge in [0.2, 0.25) is 11.8 Å². The maximum Gasteiger partial charge on any atom is 0.277 e. The van der Waals surface area contributed by atoms with Gasteiger partial charge in [-0.3, -0.25) is 4.79 Å². The topological polar surface area (TPSA) is 95.4 Å². The molecule has 180 valence electrons. The van der Waals surface area contributed by atoms with Gasteiger partial charge in [0, 0.05) is 45.8 Å². The number of ether oxygens (including phenoxy) is 1. The SMILES string of the molecule is Cc1nc2c(-c3ccc(Cl)cc3F)cc(C3CCOC(c4nnc(C5CC5)o4)C3)nn2c(=O)c1C. The van der Waals surface area contributed by atoms with Gasteiger partial charge in [0.15, 0.2) is 5.65 Å². The molecule has 2 atom stereocenters. The van der Waals surface area contributed by atoms with Crippen molar-refractivity contribution in [1.82, 2.24) is 24.8 Å². The van der Waals surface area contributed by atoms with E-state index >= 15 is 4.39 Å². The monoisotopic (exact) mass is 495 g/mol. The average Bonchev–Trinajstić information content (AvgIpc) is 3.59. The Kier molecular flexibility index (Phi) is 5.41. The Hall–Kier alpha value is -3.17. The minimum Gasteiger partial charge on any atom is -0.422 e. The molecule has 0 radical (unpaired) electrons. The third-order valence-corrected chi connectivity index (χ3v) is 7.10. The summed E-state index contributed by atoms with van der Waals surface area (Å²) in [5, 5.41) is 13.4. The number of benzene rings is 1. The van der Waals surface area contributed by atoms with Gasteiger partial charge in [0.25, 0.3) is 5.56 Å². The Morgan fingerprint density at radius 1 is 1.06 bits per heavy atom. The van der Waals surface area contributed by atoms with Crippen LogP contribution < -0.4 is 5.56 Å². The van der Waals surface area contributed by atoms with Crippen molar-refractivity contribution in [2.24, 2.45) is 0 Å². The molecule has 0 bridgehead atoms. The minimum absolute atomic E-state index is 0.0583. The summed E-state index contributed by atoms with van der Waals surface area (Å²) in [6.45, 7) is 3.95. The first kappa shape index (κ1) is 22.3. The highest BCUT2D eigenvalue weighted by atomic mass is 35.5. The Labute approximate surface area is 205 Å². The average molecular weight is 496 g/mol. The Balaban J connectivity index is 1.45. The summed E-state index contributed by atoms with van der Waals surface area (Å²) < 4.78 is 28.1. The van der Waals surface area contributed by atoms with E-state index in [1.54, 1.807) is 26.0 Å². The number of fused-ring (bicyclic) bond motifs is 1. The maximum absolute atomic E-state index is 15.0. The molecule has 10 heteroatoms. The lowest BCUT2D eigenvalue weighted by molar-refractivity contribution is -0.0118. The van der Waals surface area contributed by atoms with Crippen molar-refractivity contribution < 1.29 is 13.5 Å². The smallest absolute Gasteiger partial charge is 0.277 e. The molecule has 3 aromatic heterocycles. The zero-order valence-electron chi connectivity index (χ0n) is 19.3. The number of hydrogen-bond donors (Lipinski definition) is 0. The molecule has 4 heterocycles. The van der Waals surface area contributed by atoms with E-state index in [0.717, 1.165) is 12.8 Å². The Morgan fingerprint density at radius 2 is 1.86 bits per heavy atom. The van der Waals surface area contributed by atoms with Gasteiger partial charge in [-0.1, -0.05) is 11.6 Å². The second kappa shape index (κ2) is 8.49. The van der Waals surface area contributed by atoms with E-state index in [9.17, 15) is 4.79 Å². The Morgan fingerprint density at radius 3 is 2.63 bits per heavy atom. The Bertz CT molecular complexity index is 1510. The van der Waals surface area contributed by atoms with Crippen LogP contribution in [0.15, 0.2) is 33.5 Å². The molecule has 0 spiro atoms. The molecular weight excluding hydrogens is 473 g/mol. The van der Waals surface area contributed by atoms with Gasteiger partial charge >= 0.3 is 0 Å². The summed E-state index contributed by atoms with van der Waals surface area (Å²) in [7, 11) is 0. The van der Waals surface area contributed by atoms with Crippen molar-refractivity contribution in [3.8, 4) is 11.1 Å². The number of aryl methyl sites for hydroxylation is 1. The third kappa shape index (κ3) is 4.02. The molecule has 2 fully saturated rings. The van der Waals surface area contributed by atoms with E-state index in [4.69, 9.17) is 20.8 Å². The molecular formula is C25H23ClFN5O3. The first-order valence-corrected chi connectivity index (χ1v) is 12.1. The van der Waals surface area contributed by atoms with E-state index in [2.05, 4.69) is 20.3 Å². The van der Waals surface area contributed by atoms with Crippen molar-refractivity contribution in [3.05, 3.63) is 74.2 Å². The van der Waals surface area contributed by atoms with Crippen LogP contribution in [0.2, 0.25) is 5.02 Å². The van der Waals surface area contributed by atoms with Crippen LogP contribution in [0.3, 0.4) is 0 Å². The lowest BCUT2D eigenvalue weighted by atomic mass is 9.91. The standard InChI is InChI=1S/C25H23ClFN5O3/c1-12-13(2)28-22-18(17-6-5-16(26)10-19(17)27)11-20(31-32(22)25(12)33)15-7-8-34-21(9-15)24-30-29-23(35-24)14-3-4-14/h5-6,10-11,14-15,21H,3-4,7-9H2,1-2H3. The molecule has 1 aromatic carbocycles. The fourth-order valence-electron chi connectivity index (χ4n) is 4.54. The molecule has 35 heavy (non-hydrogen) atoms. The summed E-state index contributed by atoms with van der Waals surface area (Å²) >= 11 is 5.99. The van der Waals surface area contributed by atoms with Crippen molar-refractivity contribution >= 4 is 17.2 Å². The van der Waals surface area contributed by atoms with Gasteiger partial charge in [-0.2, -0.15) is 9.61 Å². The van der Waals surface area contributed by atoms with Crippen LogP contribution in [0.4, 0.5) is 4.39 Å². The molecule has 4 aromatic rings. The molecule has 2 unspecified atom stereocenters. The van der Waals surface area contributed by atoms with Gasteiger partial charge in [-0.05, 0) is 63.8 Å². The maximum atomic E-state index is 15.0. The van der Waals surface area contributed by atoms with E-state index in [1.807, 2.05) is 6.07 Å². The highest BCUT2D eigenvalue weighted by Gasteiger charge is 2.34. The van der Waals surface area contributed by atoms with Crippen LogP contribution >= 0.6 is 11.6 Å². The van der Waals surface area contributed by atoms with Gasteiger partial charge in [-0.15, -0.1) is 10.2 Å². The number of halogens is 2. The van der Waals surface area contributed by atoms with Gasteiger partial charge in [-0.25, -0.2) is 9.37 Å². The number of aromatic nitrogens is 5.